The van der Waals surface area contributed by atoms with Gasteiger partial charge in [-0.05, 0) is 48.4 Å². The van der Waals surface area contributed by atoms with E-state index in [4.69, 9.17) is 14.5 Å². The Hall–Kier alpha value is -4.75. The second-order valence-electron chi connectivity index (χ2n) is 11.2. The Kier molecular flexibility index (Phi) is 8.31. The van der Waals surface area contributed by atoms with Crippen molar-refractivity contribution in [2.45, 2.75) is 33.7 Å². The van der Waals surface area contributed by atoms with Crippen LogP contribution in [0.15, 0.2) is 106 Å². The Morgan fingerprint density at radius 1 is 0.955 bits per heavy atom. The maximum atomic E-state index is 14.3. The molecule has 0 fully saturated rings. The summed E-state index contributed by atoms with van der Waals surface area (Å²) in [6.45, 7) is 8.86. The Bertz CT molecular complexity index is 2060. The zero-order chi connectivity index (χ0) is 30.8. The molecule has 0 aliphatic carbocycles. The molecule has 0 saturated heterocycles. The van der Waals surface area contributed by atoms with Crippen molar-refractivity contribution in [3.05, 3.63) is 139 Å². The second kappa shape index (κ2) is 12.5. The number of esters is 1. The van der Waals surface area contributed by atoms with Crippen molar-refractivity contribution < 1.29 is 14.3 Å². The highest BCUT2D eigenvalue weighted by atomic mass is 32.1. The smallest absolute Gasteiger partial charge is 0.338 e. The lowest BCUT2D eigenvalue weighted by Crippen LogP contribution is -2.40. The number of hydrogen-bond acceptors (Lipinski definition) is 6. The zero-order valence-corrected chi connectivity index (χ0v) is 26.1. The first-order chi connectivity index (χ1) is 21.4. The number of rotatable bonds is 8. The number of thiazole rings is 1. The summed E-state index contributed by atoms with van der Waals surface area (Å²) < 4.78 is 13.9. The molecule has 0 N–H and O–H groups in total. The number of aryl methyl sites for hydroxylation is 1. The summed E-state index contributed by atoms with van der Waals surface area (Å²) in [6.07, 6.45) is 1.92. The molecule has 1 aromatic heterocycles. The molecule has 1 aliphatic rings. The van der Waals surface area contributed by atoms with E-state index in [1.165, 1.54) is 11.3 Å². The molecule has 0 spiro atoms. The predicted molar refractivity (Wildman–Crippen MR) is 177 cm³/mol. The van der Waals surface area contributed by atoms with Crippen molar-refractivity contribution in [1.82, 2.24) is 4.57 Å². The highest BCUT2D eigenvalue weighted by Gasteiger charge is 2.35. The lowest BCUT2D eigenvalue weighted by atomic mass is 9.92. The van der Waals surface area contributed by atoms with Gasteiger partial charge in [-0.25, -0.2) is 9.79 Å². The van der Waals surface area contributed by atoms with Gasteiger partial charge in [-0.3, -0.25) is 9.36 Å². The highest BCUT2D eigenvalue weighted by molar-refractivity contribution is 7.07. The SMILES string of the molecule is CCOC(=O)C1=C(c2ccccc2)N=c2s/c(=C\c3ccc(OCC(C)C)c4ccccc34)c(=O)n2C1c1ccc(C)cc1. The molecule has 6 rings (SSSR count). The lowest BCUT2D eigenvalue weighted by Gasteiger charge is -2.26. The van der Waals surface area contributed by atoms with Gasteiger partial charge < -0.3 is 9.47 Å². The Morgan fingerprint density at radius 3 is 2.36 bits per heavy atom. The summed E-state index contributed by atoms with van der Waals surface area (Å²) in [4.78, 5) is 33.4. The number of nitrogens with zero attached hydrogens (tertiary/aromatic N) is 2. The minimum absolute atomic E-state index is 0.208. The van der Waals surface area contributed by atoms with E-state index in [1.807, 2.05) is 104 Å². The van der Waals surface area contributed by atoms with Crippen molar-refractivity contribution >= 4 is 39.9 Å². The second-order valence-corrected chi connectivity index (χ2v) is 12.3. The summed E-state index contributed by atoms with van der Waals surface area (Å²) in [6, 6.07) is 28.8. The molecule has 5 aromatic rings. The van der Waals surface area contributed by atoms with Crippen LogP contribution in [0.5, 0.6) is 5.75 Å². The van der Waals surface area contributed by atoms with Gasteiger partial charge in [0.05, 0.1) is 35.1 Å². The minimum Gasteiger partial charge on any atom is -0.493 e. The number of carbonyl (C=O) groups excluding carboxylic acids is 1. The zero-order valence-electron chi connectivity index (χ0n) is 25.2. The average Bonchev–Trinajstić information content (AvgIpc) is 3.34. The van der Waals surface area contributed by atoms with E-state index in [0.717, 1.165) is 38.8 Å². The van der Waals surface area contributed by atoms with E-state index in [1.54, 1.807) is 11.5 Å². The van der Waals surface area contributed by atoms with Gasteiger partial charge in [0.2, 0.25) is 0 Å². The Morgan fingerprint density at radius 2 is 1.66 bits per heavy atom. The van der Waals surface area contributed by atoms with Gasteiger partial charge in [0.1, 0.15) is 5.75 Å². The first-order valence-electron chi connectivity index (χ1n) is 14.8. The molecule has 222 valence electrons. The van der Waals surface area contributed by atoms with E-state index in [9.17, 15) is 9.59 Å². The van der Waals surface area contributed by atoms with Crippen LogP contribution in [0, 0.1) is 12.8 Å². The van der Waals surface area contributed by atoms with Gasteiger partial charge in [-0.1, -0.05) is 116 Å². The van der Waals surface area contributed by atoms with Crippen molar-refractivity contribution in [3.8, 4) is 5.75 Å². The minimum atomic E-state index is -0.702. The molecule has 44 heavy (non-hydrogen) atoms. The molecule has 1 unspecified atom stereocenters. The monoisotopic (exact) mass is 602 g/mol. The average molecular weight is 603 g/mol. The van der Waals surface area contributed by atoms with E-state index in [2.05, 4.69) is 13.8 Å². The summed E-state index contributed by atoms with van der Waals surface area (Å²) >= 11 is 1.32. The topological polar surface area (TPSA) is 69.9 Å². The van der Waals surface area contributed by atoms with Crippen molar-refractivity contribution in [2.75, 3.05) is 13.2 Å². The van der Waals surface area contributed by atoms with Gasteiger partial charge in [0.15, 0.2) is 4.80 Å². The van der Waals surface area contributed by atoms with Crippen LogP contribution in [0.25, 0.3) is 22.5 Å². The first kappa shape index (κ1) is 29.3. The number of hydrogen-bond donors (Lipinski definition) is 0. The van der Waals surface area contributed by atoms with Gasteiger partial charge in [-0.2, -0.15) is 0 Å². The normalized spacial score (nSPS) is 14.9. The van der Waals surface area contributed by atoms with Crippen LogP contribution in [0.3, 0.4) is 0 Å². The molecule has 0 bridgehead atoms. The maximum absolute atomic E-state index is 14.3. The molecule has 1 atom stereocenters. The van der Waals surface area contributed by atoms with Gasteiger partial charge in [0, 0.05) is 10.9 Å². The number of ether oxygens (including phenoxy) is 2. The molecule has 2 heterocycles. The standard InChI is InChI=1S/C37H34N2O4S/c1-5-42-36(41)32-33(25-11-7-6-8-12-25)38-37-39(34(32)26-17-15-24(4)16-18-26)35(40)31(44-37)21-27-19-20-30(43-22-23(2)3)29-14-10-9-13-28(27)29/h6-21,23,34H,5,22H2,1-4H3/b31-21-. The molecular formula is C37H34N2O4S. The molecule has 0 radical (unpaired) electrons. The van der Waals surface area contributed by atoms with E-state index in [-0.39, 0.29) is 12.2 Å². The summed E-state index contributed by atoms with van der Waals surface area (Å²) in [5.74, 6) is 0.730. The fraction of sp³-hybridized carbons (Fsp3) is 0.216. The van der Waals surface area contributed by atoms with E-state index in [0.29, 0.717) is 33.1 Å². The van der Waals surface area contributed by atoms with Crippen LogP contribution in [-0.2, 0) is 9.53 Å². The molecule has 4 aromatic carbocycles. The van der Waals surface area contributed by atoms with Crippen LogP contribution < -0.4 is 19.6 Å². The van der Waals surface area contributed by atoms with Crippen LogP contribution in [0.4, 0.5) is 0 Å². The van der Waals surface area contributed by atoms with Crippen molar-refractivity contribution in [3.63, 3.8) is 0 Å². The van der Waals surface area contributed by atoms with Crippen LogP contribution in [0.2, 0.25) is 0 Å². The molecule has 1 aliphatic heterocycles. The predicted octanol–water partition coefficient (Wildman–Crippen LogP) is 6.43. The van der Waals surface area contributed by atoms with Crippen molar-refractivity contribution in [1.29, 1.82) is 0 Å². The van der Waals surface area contributed by atoms with Crippen LogP contribution in [-0.4, -0.2) is 23.8 Å². The molecule has 0 amide bonds. The third kappa shape index (κ3) is 5.63. The fourth-order valence-electron chi connectivity index (χ4n) is 5.45. The molecule has 0 saturated carbocycles. The number of carbonyl (C=O) groups is 1. The summed E-state index contributed by atoms with van der Waals surface area (Å²) in [5, 5.41) is 1.98. The molecule has 7 heteroatoms. The number of fused-ring (bicyclic) bond motifs is 2. The lowest BCUT2D eigenvalue weighted by molar-refractivity contribution is -0.138. The van der Waals surface area contributed by atoms with Crippen LogP contribution >= 0.6 is 11.3 Å². The largest absolute Gasteiger partial charge is 0.493 e. The Balaban J connectivity index is 1.59. The third-order valence-corrected chi connectivity index (χ3v) is 8.53. The summed E-state index contributed by atoms with van der Waals surface area (Å²) in [5.41, 5.74) is 4.23. The Labute approximate surface area is 260 Å². The van der Waals surface area contributed by atoms with Crippen LogP contribution in [0.1, 0.15) is 49.1 Å². The maximum Gasteiger partial charge on any atom is 0.338 e. The fourth-order valence-corrected chi connectivity index (χ4v) is 6.44. The third-order valence-electron chi connectivity index (χ3n) is 7.54. The van der Waals surface area contributed by atoms with E-state index >= 15 is 0 Å². The van der Waals surface area contributed by atoms with Gasteiger partial charge in [0.25, 0.3) is 5.56 Å². The quantitative estimate of drug-likeness (QED) is 0.192. The highest BCUT2D eigenvalue weighted by Crippen LogP contribution is 2.35. The van der Waals surface area contributed by atoms with E-state index < -0.39 is 12.0 Å². The molecular weight excluding hydrogens is 568 g/mol. The first-order valence-corrected chi connectivity index (χ1v) is 15.7. The number of benzene rings is 4. The van der Waals surface area contributed by atoms with Crippen molar-refractivity contribution in [2.24, 2.45) is 10.9 Å². The molecule has 6 nitrogen and oxygen atoms in total. The van der Waals surface area contributed by atoms with Gasteiger partial charge in [-0.15, -0.1) is 0 Å². The summed E-state index contributed by atoms with van der Waals surface area (Å²) in [7, 11) is 0. The number of aromatic nitrogens is 1. The van der Waals surface area contributed by atoms with Gasteiger partial charge >= 0.3 is 5.97 Å².